The molecule has 1 nitrogen and oxygen atoms in total. The summed E-state index contributed by atoms with van der Waals surface area (Å²) in [4.78, 5) is 0. The SMILES string of the molecule is CNC(C)CC(C)CCCC(C)C. The first-order valence-electron chi connectivity index (χ1n) is 5.73. The maximum Gasteiger partial charge on any atom is 0.00382 e. The summed E-state index contributed by atoms with van der Waals surface area (Å²) in [5, 5.41) is 3.30. The van der Waals surface area contributed by atoms with Crippen molar-refractivity contribution >= 4 is 0 Å². The van der Waals surface area contributed by atoms with Crippen LogP contribution in [0, 0.1) is 11.8 Å². The molecule has 0 saturated heterocycles. The van der Waals surface area contributed by atoms with Crippen molar-refractivity contribution in [1.82, 2.24) is 5.32 Å². The molecule has 0 amide bonds. The Hall–Kier alpha value is -0.0400. The van der Waals surface area contributed by atoms with Crippen LogP contribution in [0.2, 0.25) is 0 Å². The molecule has 2 atom stereocenters. The minimum Gasteiger partial charge on any atom is -0.317 e. The fourth-order valence-electron chi connectivity index (χ4n) is 1.71. The van der Waals surface area contributed by atoms with Crippen molar-refractivity contribution in [2.75, 3.05) is 7.05 Å². The molecule has 0 aromatic heterocycles. The Bertz CT molecular complexity index is 110. The number of hydrogen-bond donors (Lipinski definition) is 1. The zero-order valence-corrected chi connectivity index (χ0v) is 10.1. The summed E-state index contributed by atoms with van der Waals surface area (Å²) >= 11 is 0. The second-order valence-electron chi connectivity index (χ2n) is 4.86. The molecule has 0 aromatic carbocycles. The van der Waals surface area contributed by atoms with Crippen LogP contribution in [0.15, 0.2) is 0 Å². The van der Waals surface area contributed by atoms with Crippen molar-refractivity contribution in [3.05, 3.63) is 0 Å². The van der Waals surface area contributed by atoms with Gasteiger partial charge in [0.25, 0.3) is 0 Å². The molecule has 0 rings (SSSR count). The Kier molecular flexibility index (Phi) is 7.35. The first kappa shape index (κ1) is 13.0. The van der Waals surface area contributed by atoms with Crippen LogP contribution in [-0.4, -0.2) is 13.1 Å². The molecular weight excluding hydrogens is 158 g/mol. The van der Waals surface area contributed by atoms with Crippen LogP contribution in [0.1, 0.15) is 53.4 Å². The first-order chi connectivity index (χ1) is 6.06. The molecule has 0 fully saturated rings. The van der Waals surface area contributed by atoms with Gasteiger partial charge in [-0.25, -0.2) is 0 Å². The molecule has 0 spiro atoms. The minimum absolute atomic E-state index is 0.675. The molecule has 0 aliphatic carbocycles. The molecule has 0 heterocycles. The summed E-state index contributed by atoms with van der Waals surface area (Å²) in [6, 6.07) is 0.675. The maximum atomic E-state index is 3.30. The van der Waals surface area contributed by atoms with Crippen LogP contribution in [0.3, 0.4) is 0 Å². The van der Waals surface area contributed by atoms with Crippen LogP contribution in [0.25, 0.3) is 0 Å². The van der Waals surface area contributed by atoms with Gasteiger partial charge in [0.2, 0.25) is 0 Å². The van der Waals surface area contributed by atoms with Crippen LogP contribution in [0.4, 0.5) is 0 Å². The van der Waals surface area contributed by atoms with Crippen molar-refractivity contribution in [1.29, 1.82) is 0 Å². The molecule has 0 bridgehead atoms. The van der Waals surface area contributed by atoms with Crippen molar-refractivity contribution < 1.29 is 0 Å². The Labute approximate surface area is 84.3 Å². The molecule has 80 valence electrons. The fraction of sp³-hybridized carbons (Fsp3) is 1.00. The van der Waals surface area contributed by atoms with Gasteiger partial charge >= 0.3 is 0 Å². The first-order valence-corrected chi connectivity index (χ1v) is 5.73. The molecule has 0 aliphatic rings. The zero-order valence-electron chi connectivity index (χ0n) is 10.1. The van der Waals surface area contributed by atoms with Gasteiger partial charge in [-0.1, -0.05) is 40.0 Å². The molecular formula is C12H27N. The number of nitrogens with one attached hydrogen (secondary N) is 1. The van der Waals surface area contributed by atoms with E-state index in [0.717, 1.165) is 11.8 Å². The van der Waals surface area contributed by atoms with Gasteiger partial charge in [-0.3, -0.25) is 0 Å². The predicted octanol–water partition coefficient (Wildman–Crippen LogP) is 3.45. The average molecular weight is 185 g/mol. The predicted molar refractivity (Wildman–Crippen MR) is 61.0 cm³/mol. The smallest absolute Gasteiger partial charge is 0.00382 e. The van der Waals surface area contributed by atoms with Gasteiger partial charge in [0.15, 0.2) is 0 Å². The van der Waals surface area contributed by atoms with Crippen molar-refractivity contribution in [2.45, 2.75) is 59.4 Å². The second kappa shape index (κ2) is 7.37. The molecule has 1 N–H and O–H groups in total. The van der Waals surface area contributed by atoms with Crippen molar-refractivity contribution in [3.63, 3.8) is 0 Å². The summed E-state index contributed by atoms with van der Waals surface area (Å²) in [6.45, 7) is 9.24. The molecule has 13 heavy (non-hydrogen) atoms. The molecule has 0 aliphatic heterocycles. The highest BCUT2D eigenvalue weighted by Crippen LogP contribution is 2.16. The maximum absolute atomic E-state index is 3.30. The quantitative estimate of drug-likeness (QED) is 0.640. The molecule has 2 unspecified atom stereocenters. The van der Waals surface area contributed by atoms with E-state index in [0.29, 0.717) is 6.04 Å². The van der Waals surface area contributed by atoms with Gasteiger partial charge < -0.3 is 5.32 Å². The van der Waals surface area contributed by atoms with E-state index < -0.39 is 0 Å². The highest BCUT2D eigenvalue weighted by molar-refractivity contribution is 4.63. The van der Waals surface area contributed by atoms with Crippen LogP contribution in [0.5, 0.6) is 0 Å². The highest BCUT2D eigenvalue weighted by Gasteiger charge is 2.06. The van der Waals surface area contributed by atoms with Crippen molar-refractivity contribution in [2.24, 2.45) is 11.8 Å². The normalized spacial score (nSPS) is 16.2. The third-order valence-corrected chi connectivity index (χ3v) is 2.73. The molecule has 0 saturated carbocycles. The highest BCUT2D eigenvalue weighted by atomic mass is 14.8. The van der Waals surface area contributed by atoms with E-state index in [-0.39, 0.29) is 0 Å². The summed E-state index contributed by atoms with van der Waals surface area (Å²) in [5.41, 5.74) is 0. The van der Waals surface area contributed by atoms with E-state index in [1.807, 2.05) is 7.05 Å². The largest absolute Gasteiger partial charge is 0.317 e. The Morgan fingerprint density at radius 3 is 2.08 bits per heavy atom. The lowest BCUT2D eigenvalue weighted by Gasteiger charge is -2.16. The van der Waals surface area contributed by atoms with Crippen LogP contribution < -0.4 is 5.32 Å². The lowest BCUT2D eigenvalue weighted by molar-refractivity contribution is 0.393. The standard InChI is InChI=1S/C12H27N/c1-10(2)7-6-8-11(3)9-12(4)13-5/h10-13H,6-9H2,1-5H3. The van der Waals surface area contributed by atoms with E-state index in [1.54, 1.807) is 0 Å². The Morgan fingerprint density at radius 1 is 1.00 bits per heavy atom. The van der Waals surface area contributed by atoms with Gasteiger partial charge in [-0.05, 0) is 32.2 Å². The van der Waals surface area contributed by atoms with E-state index >= 15 is 0 Å². The summed E-state index contributed by atoms with van der Waals surface area (Å²) in [7, 11) is 2.05. The van der Waals surface area contributed by atoms with Crippen molar-refractivity contribution in [3.8, 4) is 0 Å². The van der Waals surface area contributed by atoms with E-state index in [4.69, 9.17) is 0 Å². The van der Waals surface area contributed by atoms with E-state index in [1.165, 1.54) is 25.7 Å². The average Bonchev–Trinajstić information content (AvgIpc) is 2.03. The van der Waals surface area contributed by atoms with Gasteiger partial charge in [0.05, 0.1) is 0 Å². The summed E-state index contributed by atoms with van der Waals surface area (Å²) in [5.74, 6) is 1.75. The minimum atomic E-state index is 0.675. The lowest BCUT2D eigenvalue weighted by Crippen LogP contribution is -2.23. The summed E-state index contributed by atoms with van der Waals surface area (Å²) in [6.07, 6.45) is 5.49. The third kappa shape index (κ3) is 8.29. The van der Waals surface area contributed by atoms with Gasteiger partial charge in [0.1, 0.15) is 0 Å². The van der Waals surface area contributed by atoms with Crippen LogP contribution >= 0.6 is 0 Å². The topological polar surface area (TPSA) is 12.0 Å². The Morgan fingerprint density at radius 2 is 1.62 bits per heavy atom. The number of rotatable bonds is 7. The third-order valence-electron chi connectivity index (χ3n) is 2.73. The Balaban J connectivity index is 3.34. The molecule has 1 heteroatoms. The lowest BCUT2D eigenvalue weighted by atomic mass is 9.95. The summed E-state index contributed by atoms with van der Waals surface area (Å²) < 4.78 is 0. The molecule has 0 aromatic rings. The van der Waals surface area contributed by atoms with Gasteiger partial charge in [-0.2, -0.15) is 0 Å². The van der Waals surface area contributed by atoms with E-state index in [2.05, 4.69) is 33.0 Å². The van der Waals surface area contributed by atoms with Gasteiger partial charge in [0, 0.05) is 6.04 Å². The second-order valence-corrected chi connectivity index (χ2v) is 4.86. The van der Waals surface area contributed by atoms with Crippen LogP contribution in [-0.2, 0) is 0 Å². The van der Waals surface area contributed by atoms with Gasteiger partial charge in [-0.15, -0.1) is 0 Å². The monoisotopic (exact) mass is 185 g/mol. The zero-order chi connectivity index (χ0) is 10.3. The fourth-order valence-corrected chi connectivity index (χ4v) is 1.71. The van der Waals surface area contributed by atoms with E-state index in [9.17, 15) is 0 Å². The molecule has 0 radical (unpaired) electrons. The number of hydrogen-bond acceptors (Lipinski definition) is 1.